The zero-order chi connectivity index (χ0) is 21.0. The maximum absolute atomic E-state index is 12.8. The third-order valence-corrected chi connectivity index (χ3v) is 5.52. The number of carbonyl (C=O) groups is 3. The van der Waals surface area contributed by atoms with Crippen LogP contribution in [-0.2, 0) is 22.7 Å². The Labute approximate surface area is 172 Å². The fraction of sp³-hybridized carbons (Fsp3) is 0.571. The lowest BCUT2D eigenvalue weighted by atomic mass is 10.0. The van der Waals surface area contributed by atoms with Gasteiger partial charge < -0.3 is 15.5 Å². The molecule has 2 aliphatic heterocycles. The Kier molecular flexibility index (Phi) is 7.00. The smallest absolute Gasteiger partial charge is 0.255 e. The number of hydrogen-bond acceptors (Lipinski definition) is 6. The molecule has 3 rings (SSSR count). The highest BCUT2D eigenvalue weighted by Crippen LogP contribution is 2.28. The number of fused-ring (bicyclic) bond motifs is 1. The SMILES string of the molecule is CN(C)CCCN(CCN)Cc1ccc2c(c1)CN(C1CCC(=O)NC1=O)C2=O. The van der Waals surface area contributed by atoms with Gasteiger partial charge in [0.25, 0.3) is 5.91 Å². The van der Waals surface area contributed by atoms with Gasteiger partial charge in [-0.2, -0.15) is 0 Å². The van der Waals surface area contributed by atoms with E-state index in [0.717, 1.165) is 43.7 Å². The van der Waals surface area contributed by atoms with Gasteiger partial charge in [-0.3, -0.25) is 24.6 Å². The highest BCUT2D eigenvalue weighted by atomic mass is 16.2. The summed E-state index contributed by atoms with van der Waals surface area (Å²) in [5, 5.41) is 2.34. The van der Waals surface area contributed by atoms with Gasteiger partial charge in [0.1, 0.15) is 6.04 Å². The maximum atomic E-state index is 12.8. The molecule has 8 heteroatoms. The van der Waals surface area contributed by atoms with Gasteiger partial charge in [0.15, 0.2) is 0 Å². The van der Waals surface area contributed by atoms with E-state index in [9.17, 15) is 14.4 Å². The largest absolute Gasteiger partial charge is 0.329 e. The molecule has 1 fully saturated rings. The molecule has 0 bridgehead atoms. The molecule has 1 atom stereocenters. The molecule has 0 spiro atoms. The van der Waals surface area contributed by atoms with Gasteiger partial charge in [0, 0.05) is 38.2 Å². The van der Waals surface area contributed by atoms with E-state index >= 15 is 0 Å². The van der Waals surface area contributed by atoms with E-state index in [0.29, 0.717) is 25.1 Å². The minimum absolute atomic E-state index is 0.133. The molecule has 3 amide bonds. The first-order valence-electron chi connectivity index (χ1n) is 10.2. The van der Waals surface area contributed by atoms with Crippen LogP contribution in [0, 0.1) is 0 Å². The number of piperidine rings is 1. The standard InChI is InChI=1S/C21H31N5O3/c1-24(2)9-3-10-25(11-8-22)13-15-4-5-17-16(12-15)14-26(21(17)29)18-6-7-19(27)23-20(18)28/h4-5,12,18H,3,6-11,13-14,22H2,1-2H3,(H,23,27,28). The Balaban J connectivity index is 1.67. The quantitative estimate of drug-likeness (QED) is 0.572. The Bertz CT molecular complexity index is 780. The summed E-state index contributed by atoms with van der Waals surface area (Å²) in [7, 11) is 4.14. The van der Waals surface area contributed by atoms with Crippen molar-refractivity contribution < 1.29 is 14.4 Å². The second kappa shape index (κ2) is 9.47. The molecule has 3 N–H and O–H groups in total. The van der Waals surface area contributed by atoms with Gasteiger partial charge in [-0.05, 0) is 57.2 Å². The summed E-state index contributed by atoms with van der Waals surface area (Å²) in [4.78, 5) is 42.5. The first-order valence-corrected chi connectivity index (χ1v) is 10.2. The molecule has 2 aliphatic rings. The molecule has 1 aromatic carbocycles. The maximum Gasteiger partial charge on any atom is 0.255 e. The van der Waals surface area contributed by atoms with E-state index in [1.165, 1.54) is 0 Å². The van der Waals surface area contributed by atoms with E-state index < -0.39 is 6.04 Å². The number of carbonyl (C=O) groups excluding carboxylic acids is 3. The molecule has 1 saturated heterocycles. The summed E-state index contributed by atoms with van der Waals surface area (Å²) in [6.07, 6.45) is 1.72. The second-order valence-corrected chi connectivity index (χ2v) is 8.11. The fourth-order valence-electron chi connectivity index (χ4n) is 4.05. The zero-order valence-corrected chi connectivity index (χ0v) is 17.3. The van der Waals surface area contributed by atoms with Crippen LogP contribution in [0.15, 0.2) is 18.2 Å². The average Bonchev–Trinajstić information content (AvgIpc) is 2.97. The monoisotopic (exact) mass is 401 g/mol. The minimum Gasteiger partial charge on any atom is -0.329 e. The summed E-state index contributed by atoms with van der Waals surface area (Å²) in [5.74, 6) is -0.782. The van der Waals surface area contributed by atoms with Crippen molar-refractivity contribution in [3.05, 3.63) is 34.9 Å². The van der Waals surface area contributed by atoms with Crippen LogP contribution in [0.2, 0.25) is 0 Å². The van der Waals surface area contributed by atoms with Crippen LogP contribution in [0.25, 0.3) is 0 Å². The first-order chi connectivity index (χ1) is 13.9. The number of nitrogens with one attached hydrogen (secondary N) is 1. The normalized spacial score (nSPS) is 19.3. The predicted molar refractivity (Wildman–Crippen MR) is 110 cm³/mol. The topological polar surface area (TPSA) is 99.0 Å². The number of nitrogens with zero attached hydrogens (tertiary/aromatic N) is 3. The van der Waals surface area contributed by atoms with Gasteiger partial charge >= 0.3 is 0 Å². The molecule has 8 nitrogen and oxygen atoms in total. The molecule has 0 aliphatic carbocycles. The third kappa shape index (κ3) is 5.20. The van der Waals surface area contributed by atoms with E-state index in [1.807, 2.05) is 12.1 Å². The van der Waals surface area contributed by atoms with Crippen molar-refractivity contribution in [2.75, 3.05) is 40.3 Å². The molecule has 29 heavy (non-hydrogen) atoms. The number of nitrogens with two attached hydrogens (primary N) is 1. The minimum atomic E-state index is -0.573. The fourth-order valence-corrected chi connectivity index (χ4v) is 4.05. The lowest BCUT2D eigenvalue weighted by molar-refractivity contribution is -0.136. The van der Waals surface area contributed by atoms with E-state index in [4.69, 9.17) is 5.73 Å². The molecule has 1 unspecified atom stereocenters. The van der Waals surface area contributed by atoms with Crippen LogP contribution in [0.4, 0.5) is 0 Å². The van der Waals surface area contributed by atoms with Crippen molar-refractivity contribution in [1.29, 1.82) is 0 Å². The Hall–Kier alpha value is -2.29. The third-order valence-electron chi connectivity index (χ3n) is 5.52. The van der Waals surface area contributed by atoms with Gasteiger partial charge in [-0.1, -0.05) is 12.1 Å². The highest BCUT2D eigenvalue weighted by Gasteiger charge is 2.39. The Morgan fingerprint density at radius 1 is 1.17 bits per heavy atom. The summed E-state index contributed by atoms with van der Waals surface area (Å²) >= 11 is 0. The van der Waals surface area contributed by atoms with Crippen molar-refractivity contribution in [1.82, 2.24) is 20.0 Å². The highest BCUT2D eigenvalue weighted by molar-refractivity contribution is 6.05. The van der Waals surface area contributed by atoms with Gasteiger partial charge in [-0.15, -0.1) is 0 Å². The van der Waals surface area contributed by atoms with Crippen molar-refractivity contribution in [3.63, 3.8) is 0 Å². The summed E-state index contributed by atoms with van der Waals surface area (Å²) in [5.41, 5.74) is 8.51. The molecular formula is C21H31N5O3. The summed E-state index contributed by atoms with van der Waals surface area (Å²) in [6, 6.07) is 5.34. The van der Waals surface area contributed by atoms with Gasteiger partial charge in [-0.25, -0.2) is 0 Å². The lowest BCUT2D eigenvalue weighted by Crippen LogP contribution is -2.52. The summed E-state index contributed by atoms with van der Waals surface area (Å²) in [6.45, 7) is 4.62. The lowest BCUT2D eigenvalue weighted by Gasteiger charge is -2.29. The van der Waals surface area contributed by atoms with Crippen molar-refractivity contribution in [2.24, 2.45) is 5.73 Å². The number of hydrogen-bond donors (Lipinski definition) is 2. The van der Waals surface area contributed by atoms with Gasteiger partial charge in [0.05, 0.1) is 0 Å². The second-order valence-electron chi connectivity index (χ2n) is 8.11. The molecule has 1 aromatic rings. The van der Waals surface area contributed by atoms with E-state index in [2.05, 4.69) is 35.3 Å². The Morgan fingerprint density at radius 3 is 2.66 bits per heavy atom. The molecule has 0 radical (unpaired) electrons. The van der Waals surface area contributed by atoms with Crippen LogP contribution in [0.5, 0.6) is 0 Å². The number of benzene rings is 1. The van der Waals surface area contributed by atoms with Crippen LogP contribution in [0.3, 0.4) is 0 Å². The van der Waals surface area contributed by atoms with Gasteiger partial charge in [0.2, 0.25) is 11.8 Å². The first kappa shape index (κ1) is 21.4. The van der Waals surface area contributed by atoms with Crippen LogP contribution >= 0.6 is 0 Å². The Morgan fingerprint density at radius 2 is 1.97 bits per heavy atom. The van der Waals surface area contributed by atoms with Crippen LogP contribution in [-0.4, -0.2) is 78.7 Å². The molecular weight excluding hydrogens is 370 g/mol. The molecule has 0 saturated carbocycles. The predicted octanol–water partition coefficient (Wildman–Crippen LogP) is 0.160. The summed E-state index contributed by atoms with van der Waals surface area (Å²) < 4.78 is 0. The van der Waals surface area contributed by atoms with E-state index in [1.54, 1.807) is 4.90 Å². The van der Waals surface area contributed by atoms with Crippen molar-refractivity contribution in [3.8, 4) is 0 Å². The number of rotatable bonds is 9. The van der Waals surface area contributed by atoms with Crippen LogP contribution < -0.4 is 11.1 Å². The molecule has 0 aromatic heterocycles. The molecule has 158 valence electrons. The number of imide groups is 1. The number of amides is 3. The zero-order valence-electron chi connectivity index (χ0n) is 17.3. The molecule has 2 heterocycles. The van der Waals surface area contributed by atoms with Crippen LogP contribution in [0.1, 0.15) is 40.7 Å². The average molecular weight is 402 g/mol. The van der Waals surface area contributed by atoms with E-state index in [-0.39, 0.29) is 24.1 Å². The van der Waals surface area contributed by atoms with Crippen molar-refractivity contribution in [2.45, 2.75) is 38.4 Å². The van der Waals surface area contributed by atoms with Crippen molar-refractivity contribution >= 4 is 17.7 Å².